The van der Waals surface area contributed by atoms with Gasteiger partial charge in [-0.25, -0.2) is 0 Å². The fourth-order valence-corrected chi connectivity index (χ4v) is 3.13. The molecular formula is C16H24N2O. The molecule has 1 amide bonds. The SMILES string of the molecule is CNCC1CC(=O)N(c2ccc(C)cc2C)C1(C)C. The molecule has 0 radical (unpaired) electrons. The van der Waals surface area contributed by atoms with Gasteiger partial charge in [-0.2, -0.15) is 0 Å². The summed E-state index contributed by atoms with van der Waals surface area (Å²) in [5.41, 5.74) is 3.32. The molecule has 1 atom stereocenters. The van der Waals surface area contributed by atoms with E-state index in [1.165, 1.54) is 11.1 Å². The molecule has 1 aromatic carbocycles. The molecule has 104 valence electrons. The molecule has 1 aromatic rings. The van der Waals surface area contributed by atoms with Gasteiger partial charge >= 0.3 is 0 Å². The van der Waals surface area contributed by atoms with Crippen molar-refractivity contribution in [1.29, 1.82) is 0 Å². The third kappa shape index (κ3) is 2.39. The van der Waals surface area contributed by atoms with E-state index in [-0.39, 0.29) is 11.4 Å². The normalized spacial score (nSPS) is 22.1. The summed E-state index contributed by atoms with van der Waals surface area (Å²) in [4.78, 5) is 14.4. The van der Waals surface area contributed by atoms with Crippen molar-refractivity contribution in [2.75, 3.05) is 18.5 Å². The van der Waals surface area contributed by atoms with Crippen LogP contribution in [0.3, 0.4) is 0 Å². The quantitative estimate of drug-likeness (QED) is 0.906. The molecule has 3 nitrogen and oxygen atoms in total. The van der Waals surface area contributed by atoms with Gasteiger partial charge in [-0.05, 0) is 46.4 Å². The van der Waals surface area contributed by atoms with E-state index in [4.69, 9.17) is 0 Å². The maximum atomic E-state index is 12.4. The minimum absolute atomic E-state index is 0.139. The first-order valence-electron chi connectivity index (χ1n) is 6.93. The fraction of sp³-hybridized carbons (Fsp3) is 0.562. The molecule has 1 saturated heterocycles. The zero-order chi connectivity index (χ0) is 14.2. The van der Waals surface area contributed by atoms with Crippen LogP contribution in [0.1, 0.15) is 31.4 Å². The molecule has 3 heteroatoms. The third-order valence-electron chi connectivity index (χ3n) is 4.29. The van der Waals surface area contributed by atoms with Crippen LogP contribution in [-0.4, -0.2) is 25.0 Å². The minimum atomic E-state index is -0.139. The Labute approximate surface area is 116 Å². The van der Waals surface area contributed by atoms with E-state index >= 15 is 0 Å². The number of aryl methyl sites for hydroxylation is 2. The Kier molecular flexibility index (Phi) is 3.68. The molecule has 0 aromatic heterocycles. The van der Waals surface area contributed by atoms with Gasteiger partial charge in [-0.1, -0.05) is 17.7 Å². The molecule has 0 aliphatic carbocycles. The molecule has 0 spiro atoms. The second kappa shape index (κ2) is 4.97. The van der Waals surface area contributed by atoms with Gasteiger partial charge < -0.3 is 10.2 Å². The first-order chi connectivity index (χ1) is 8.87. The van der Waals surface area contributed by atoms with E-state index in [0.29, 0.717) is 12.3 Å². The molecule has 1 aliphatic heterocycles. The molecule has 19 heavy (non-hydrogen) atoms. The van der Waals surface area contributed by atoms with Crippen LogP contribution in [-0.2, 0) is 4.79 Å². The number of benzene rings is 1. The average molecular weight is 260 g/mol. The number of nitrogens with one attached hydrogen (secondary N) is 1. The second-order valence-electron chi connectivity index (χ2n) is 6.13. The first-order valence-corrected chi connectivity index (χ1v) is 6.93. The number of nitrogens with zero attached hydrogens (tertiary/aromatic N) is 1. The number of amides is 1. The van der Waals surface area contributed by atoms with Crippen molar-refractivity contribution >= 4 is 11.6 Å². The van der Waals surface area contributed by atoms with Gasteiger partial charge in [-0.3, -0.25) is 4.79 Å². The van der Waals surface area contributed by atoms with Crippen molar-refractivity contribution < 1.29 is 4.79 Å². The molecule has 1 heterocycles. The van der Waals surface area contributed by atoms with Gasteiger partial charge in [0.25, 0.3) is 0 Å². The van der Waals surface area contributed by atoms with Crippen LogP contribution in [0.15, 0.2) is 18.2 Å². The fourth-order valence-electron chi connectivity index (χ4n) is 3.13. The van der Waals surface area contributed by atoms with Gasteiger partial charge in [-0.15, -0.1) is 0 Å². The highest BCUT2D eigenvalue weighted by atomic mass is 16.2. The Bertz CT molecular complexity index is 494. The zero-order valence-corrected chi connectivity index (χ0v) is 12.6. The van der Waals surface area contributed by atoms with Crippen LogP contribution in [0.25, 0.3) is 0 Å². The van der Waals surface area contributed by atoms with Crippen LogP contribution in [0, 0.1) is 19.8 Å². The molecular weight excluding hydrogens is 236 g/mol. The van der Waals surface area contributed by atoms with E-state index in [0.717, 1.165) is 12.2 Å². The number of carbonyl (C=O) groups excluding carboxylic acids is 1. The summed E-state index contributed by atoms with van der Waals surface area (Å²) in [6, 6.07) is 6.30. The van der Waals surface area contributed by atoms with Crippen molar-refractivity contribution in [3.63, 3.8) is 0 Å². The zero-order valence-electron chi connectivity index (χ0n) is 12.6. The van der Waals surface area contributed by atoms with E-state index in [2.05, 4.69) is 51.2 Å². The molecule has 0 saturated carbocycles. The summed E-state index contributed by atoms with van der Waals surface area (Å²) in [6.07, 6.45) is 0.626. The van der Waals surface area contributed by atoms with Crippen LogP contribution in [0.5, 0.6) is 0 Å². The number of carbonyl (C=O) groups is 1. The minimum Gasteiger partial charge on any atom is -0.319 e. The Morgan fingerprint density at radius 2 is 2.05 bits per heavy atom. The van der Waals surface area contributed by atoms with Crippen LogP contribution < -0.4 is 10.2 Å². The highest BCUT2D eigenvalue weighted by Crippen LogP contribution is 2.40. The molecule has 1 fully saturated rings. The van der Waals surface area contributed by atoms with Gasteiger partial charge in [0, 0.05) is 30.1 Å². The van der Waals surface area contributed by atoms with E-state index < -0.39 is 0 Å². The predicted molar refractivity (Wildman–Crippen MR) is 79.5 cm³/mol. The van der Waals surface area contributed by atoms with Gasteiger partial charge in [0.1, 0.15) is 0 Å². The predicted octanol–water partition coefficient (Wildman–Crippen LogP) is 2.65. The number of hydrogen-bond acceptors (Lipinski definition) is 2. The largest absolute Gasteiger partial charge is 0.319 e. The monoisotopic (exact) mass is 260 g/mol. The Hall–Kier alpha value is -1.35. The summed E-state index contributed by atoms with van der Waals surface area (Å²) in [5, 5.41) is 3.20. The van der Waals surface area contributed by atoms with Gasteiger partial charge in [0.15, 0.2) is 0 Å². The molecule has 1 unspecified atom stereocenters. The maximum Gasteiger partial charge on any atom is 0.227 e. The first kappa shape index (κ1) is 14.1. The highest BCUT2D eigenvalue weighted by molar-refractivity contribution is 5.98. The molecule has 1 N–H and O–H groups in total. The van der Waals surface area contributed by atoms with Crippen LogP contribution in [0.2, 0.25) is 0 Å². The molecule has 0 bridgehead atoms. The topological polar surface area (TPSA) is 32.3 Å². The molecule has 2 rings (SSSR count). The average Bonchev–Trinajstić information content (AvgIpc) is 2.52. The second-order valence-corrected chi connectivity index (χ2v) is 6.13. The summed E-state index contributed by atoms with van der Waals surface area (Å²) >= 11 is 0. The van der Waals surface area contributed by atoms with Crippen molar-refractivity contribution in [2.24, 2.45) is 5.92 Å². The summed E-state index contributed by atoms with van der Waals surface area (Å²) < 4.78 is 0. The van der Waals surface area contributed by atoms with Crippen molar-refractivity contribution in [3.05, 3.63) is 29.3 Å². The smallest absolute Gasteiger partial charge is 0.227 e. The standard InChI is InChI=1S/C16H24N2O/c1-11-6-7-14(12(2)8-11)18-15(19)9-13(10-17-5)16(18,3)4/h6-8,13,17H,9-10H2,1-5H3. The Balaban J connectivity index is 2.40. The number of rotatable bonds is 3. The third-order valence-corrected chi connectivity index (χ3v) is 4.29. The summed E-state index contributed by atoms with van der Waals surface area (Å²) in [7, 11) is 1.94. The van der Waals surface area contributed by atoms with Crippen LogP contribution in [0.4, 0.5) is 5.69 Å². The lowest BCUT2D eigenvalue weighted by Crippen LogP contribution is -2.46. The Morgan fingerprint density at radius 3 is 2.63 bits per heavy atom. The lowest BCUT2D eigenvalue weighted by Gasteiger charge is -2.37. The van der Waals surface area contributed by atoms with Gasteiger partial charge in [0.2, 0.25) is 5.91 Å². The van der Waals surface area contributed by atoms with E-state index in [9.17, 15) is 4.79 Å². The van der Waals surface area contributed by atoms with Crippen molar-refractivity contribution in [1.82, 2.24) is 5.32 Å². The van der Waals surface area contributed by atoms with Crippen LogP contribution >= 0.6 is 0 Å². The lowest BCUT2D eigenvalue weighted by molar-refractivity contribution is -0.117. The highest BCUT2D eigenvalue weighted by Gasteiger charge is 2.46. The van der Waals surface area contributed by atoms with E-state index in [1.807, 2.05) is 11.9 Å². The maximum absolute atomic E-state index is 12.4. The molecule has 1 aliphatic rings. The number of hydrogen-bond donors (Lipinski definition) is 1. The lowest BCUT2D eigenvalue weighted by atomic mass is 9.88. The van der Waals surface area contributed by atoms with E-state index in [1.54, 1.807) is 0 Å². The van der Waals surface area contributed by atoms with Crippen molar-refractivity contribution in [3.8, 4) is 0 Å². The number of anilines is 1. The summed E-state index contributed by atoms with van der Waals surface area (Å²) in [5.74, 6) is 0.586. The van der Waals surface area contributed by atoms with Gasteiger partial charge in [0.05, 0.1) is 0 Å². The Morgan fingerprint density at radius 1 is 1.37 bits per heavy atom. The van der Waals surface area contributed by atoms with Crippen molar-refractivity contribution in [2.45, 2.75) is 39.7 Å². The summed E-state index contributed by atoms with van der Waals surface area (Å²) in [6.45, 7) is 9.37.